The van der Waals surface area contributed by atoms with Crippen molar-refractivity contribution in [2.24, 2.45) is 5.73 Å². The normalized spacial score (nSPS) is 12.5. The zero-order valence-electron chi connectivity index (χ0n) is 7.67. The van der Waals surface area contributed by atoms with Gasteiger partial charge in [0.25, 0.3) is 5.69 Å². The van der Waals surface area contributed by atoms with Crippen molar-refractivity contribution >= 4 is 5.69 Å². The molecule has 0 radical (unpaired) electrons. The zero-order chi connectivity index (χ0) is 10.7. The fraction of sp³-hybridized carbons (Fsp3) is 0.375. The van der Waals surface area contributed by atoms with E-state index in [0.717, 1.165) is 6.20 Å². The highest BCUT2D eigenvalue weighted by Crippen LogP contribution is 2.18. The van der Waals surface area contributed by atoms with Gasteiger partial charge in [-0.25, -0.2) is 0 Å². The molecule has 1 heterocycles. The van der Waals surface area contributed by atoms with Gasteiger partial charge in [-0.2, -0.15) is 0 Å². The van der Waals surface area contributed by atoms with Crippen molar-refractivity contribution < 1.29 is 10.0 Å². The van der Waals surface area contributed by atoms with Crippen LogP contribution in [0.25, 0.3) is 0 Å². The molecule has 1 aromatic heterocycles. The molecule has 0 spiro atoms. The van der Waals surface area contributed by atoms with Crippen molar-refractivity contribution in [2.45, 2.75) is 13.0 Å². The fourth-order valence-electron chi connectivity index (χ4n) is 1.06. The number of aryl methyl sites for hydroxylation is 1. The first kappa shape index (κ1) is 10.6. The fourth-order valence-corrected chi connectivity index (χ4v) is 1.06. The number of nitrogens with zero attached hydrogens (tertiary/aromatic N) is 2. The summed E-state index contributed by atoms with van der Waals surface area (Å²) in [7, 11) is 0. The van der Waals surface area contributed by atoms with Crippen LogP contribution in [0, 0.1) is 17.0 Å². The van der Waals surface area contributed by atoms with Crippen LogP contribution in [0.2, 0.25) is 0 Å². The van der Waals surface area contributed by atoms with Crippen molar-refractivity contribution in [3.05, 3.63) is 33.6 Å². The summed E-state index contributed by atoms with van der Waals surface area (Å²) < 4.78 is 0. The highest BCUT2D eigenvalue weighted by atomic mass is 16.6. The summed E-state index contributed by atoms with van der Waals surface area (Å²) in [6.45, 7) is 1.37. The molecular weight excluding hydrogens is 186 g/mol. The molecule has 0 saturated carbocycles. The van der Waals surface area contributed by atoms with Crippen LogP contribution in [0.5, 0.6) is 0 Å². The lowest BCUT2D eigenvalue weighted by Gasteiger charge is -2.07. The zero-order valence-corrected chi connectivity index (χ0v) is 7.67. The van der Waals surface area contributed by atoms with E-state index in [1.54, 1.807) is 6.92 Å². The van der Waals surface area contributed by atoms with Crippen LogP contribution in [0.1, 0.15) is 17.3 Å². The second kappa shape index (κ2) is 4.12. The van der Waals surface area contributed by atoms with E-state index >= 15 is 0 Å². The molecule has 1 unspecified atom stereocenters. The van der Waals surface area contributed by atoms with E-state index in [2.05, 4.69) is 4.98 Å². The van der Waals surface area contributed by atoms with Gasteiger partial charge < -0.3 is 10.8 Å². The number of nitrogens with two attached hydrogens (primary N) is 1. The molecule has 1 atom stereocenters. The molecule has 0 fully saturated rings. The van der Waals surface area contributed by atoms with E-state index < -0.39 is 11.0 Å². The third-order valence-electron chi connectivity index (χ3n) is 1.88. The number of rotatable bonds is 3. The summed E-state index contributed by atoms with van der Waals surface area (Å²) in [5.74, 6) is 0. The lowest BCUT2D eigenvalue weighted by atomic mass is 10.1. The Balaban J connectivity index is 3.06. The molecule has 1 aromatic rings. The summed E-state index contributed by atoms with van der Waals surface area (Å²) in [5.41, 5.74) is 6.41. The van der Waals surface area contributed by atoms with Gasteiger partial charge in [-0.05, 0) is 13.0 Å². The highest BCUT2D eigenvalue weighted by Gasteiger charge is 2.14. The number of aliphatic hydroxyl groups is 1. The minimum absolute atomic E-state index is 0.0427. The van der Waals surface area contributed by atoms with Crippen LogP contribution < -0.4 is 5.73 Å². The average molecular weight is 197 g/mol. The molecule has 6 heteroatoms. The van der Waals surface area contributed by atoms with Crippen LogP contribution in [-0.2, 0) is 0 Å². The van der Waals surface area contributed by atoms with E-state index in [-0.39, 0.29) is 12.3 Å². The maximum atomic E-state index is 10.5. The lowest BCUT2D eigenvalue weighted by Crippen LogP contribution is -2.16. The summed E-state index contributed by atoms with van der Waals surface area (Å²) in [4.78, 5) is 13.8. The molecule has 3 N–H and O–H groups in total. The lowest BCUT2D eigenvalue weighted by molar-refractivity contribution is -0.385. The van der Waals surface area contributed by atoms with Crippen molar-refractivity contribution in [1.82, 2.24) is 4.98 Å². The van der Waals surface area contributed by atoms with Crippen molar-refractivity contribution in [1.29, 1.82) is 0 Å². The largest absolute Gasteiger partial charge is 0.394 e. The first-order chi connectivity index (χ1) is 6.56. The molecule has 0 aliphatic rings. The van der Waals surface area contributed by atoms with Gasteiger partial charge in [0, 0.05) is 5.56 Å². The summed E-state index contributed by atoms with van der Waals surface area (Å²) in [5, 5.41) is 19.2. The van der Waals surface area contributed by atoms with Gasteiger partial charge in [0.15, 0.2) is 0 Å². The molecule has 0 aliphatic carbocycles. The maximum absolute atomic E-state index is 10.5. The number of pyridine rings is 1. The number of nitro groups is 1. The molecule has 0 aliphatic heterocycles. The van der Waals surface area contributed by atoms with Gasteiger partial charge in [0.2, 0.25) is 0 Å². The van der Waals surface area contributed by atoms with Crippen LogP contribution >= 0.6 is 0 Å². The van der Waals surface area contributed by atoms with Crippen molar-refractivity contribution in [2.75, 3.05) is 6.61 Å². The Labute approximate surface area is 80.5 Å². The van der Waals surface area contributed by atoms with Crippen molar-refractivity contribution in [3.8, 4) is 0 Å². The van der Waals surface area contributed by atoms with Gasteiger partial charge >= 0.3 is 0 Å². The second-order valence-corrected chi connectivity index (χ2v) is 2.94. The number of hydrogen-bond donors (Lipinski definition) is 2. The molecule has 0 amide bonds. The van der Waals surface area contributed by atoms with Gasteiger partial charge in [-0.1, -0.05) is 0 Å². The van der Waals surface area contributed by atoms with E-state index in [0.29, 0.717) is 11.3 Å². The minimum Gasteiger partial charge on any atom is -0.394 e. The Bertz CT molecular complexity index is 354. The van der Waals surface area contributed by atoms with Crippen LogP contribution in [0.3, 0.4) is 0 Å². The Hall–Kier alpha value is -1.53. The van der Waals surface area contributed by atoms with Crippen LogP contribution in [0.4, 0.5) is 5.69 Å². The third kappa shape index (κ3) is 2.04. The third-order valence-corrected chi connectivity index (χ3v) is 1.88. The Morgan fingerprint density at radius 2 is 2.43 bits per heavy atom. The van der Waals surface area contributed by atoms with E-state index in [1.807, 2.05) is 0 Å². The molecule has 0 aromatic carbocycles. The predicted octanol–water partition coefficient (Wildman–Crippen LogP) is 0.290. The predicted molar refractivity (Wildman–Crippen MR) is 49.6 cm³/mol. The summed E-state index contributed by atoms with van der Waals surface area (Å²) in [6, 6.07) is 0.924. The Kier molecular flexibility index (Phi) is 3.10. The Morgan fingerprint density at radius 1 is 1.79 bits per heavy atom. The number of aromatic nitrogens is 1. The molecule has 76 valence electrons. The van der Waals surface area contributed by atoms with Gasteiger partial charge in [0.05, 0.1) is 23.3 Å². The minimum atomic E-state index is -0.588. The maximum Gasteiger partial charge on any atom is 0.290 e. The van der Waals surface area contributed by atoms with E-state index in [1.165, 1.54) is 6.07 Å². The first-order valence-corrected chi connectivity index (χ1v) is 4.03. The van der Waals surface area contributed by atoms with Gasteiger partial charge in [0.1, 0.15) is 6.20 Å². The SMILES string of the molecule is Cc1cc(C(N)CO)ncc1[N+](=O)[O-]. The molecule has 1 rings (SSSR count). The van der Waals surface area contributed by atoms with E-state index in [9.17, 15) is 10.1 Å². The molecule has 0 bridgehead atoms. The molecule has 6 nitrogen and oxygen atoms in total. The molecule has 0 saturated heterocycles. The summed E-state index contributed by atoms with van der Waals surface area (Å²) in [6.07, 6.45) is 1.15. The van der Waals surface area contributed by atoms with E-state index in [4.69, 9.17) is 10.8 Å². The number of aliphatic hydroxyl groups excluding tert-OH is 1. The monoisotopic (exact) mass is 197 g/mol. The Morgan fingerprint density at radius 3 is 2.86 bits per heavy atom. The first-order valence-electron chi connectivity index (χ1n) is 4.03. The number of hydrogen-bond acceptors (Lipinski definition) is 5. The topological polar surface area (TPSA) is 102 Å². The summed E-state index contributed by atoms with van der Waals surface area (Å²) >= 11 is 0. The highest BCUT2D eigenvalue weighted by molar-refractivity contribution is 5.38. The molecular formula is C8H11N3O3. The van der Waals surface area contributed by atoms with Gasteiger partial charge in [-0.15, -0.1) is 0 Å². The van der Waals surface area contributed by atoms with Crippen molar-refractivity contribution in [3.63, 3.8) is 0 Å². The molecule has 14 heavy (non-hydrogen) atoms. The second-order valence-electron chi connectivity index (χ2n) is 2.94. The average Bonchev–Trinajstić information content (AvgIpc) is 2.15. The quantitative estimate of drug-likeness (QED) is 0.535. The standard InChI is InChI=1S/C8H11N3O3/c1-5-2-7(6(9)4-12)10-3-8(5)11(13)14/h2-3,6,12H,4,9H2,1H3. The van der Waals surface area contributed by atoms with Gasteiger partial charge in [-0.3, -0.25) is 15.1 Å². The smallest absolute Gasteiger partial charge is 0.290 e. The van der Waals surface area contributed by atoms with Crippen LogP contribution in [-0.4, -0.2) is 21.6 Å². The van der Waals surface area contributed by atoms with Crippen LogP contribution in [0.15, 0.2) is 12.3 Å².